The minimum absolute atomic E-state index is 0.509. The second-order valence-electron chi connectivity index (χ2n) is 4.35. The van der Waals surface area contributed by atoms with Crippen molar-refractivity contribution in [2.75, 3.05) is 5.73 Å². The lowest BCUT2D eigenvalue weighted by atomic mass is 10.0. The summed E-state index contributed by atoms with van der Waals surface area (Å²) >= 11 is 7.76. The Kier molecular flexibility index (Phi) is 3.05. The first-order valence-electron chi connectivity index (χ1n) is 5.80. The highest BCUT2D eigenvalue weighted by atomic mass is 35.5. The number of halogens is 1. The maximum Gasteiger partial charge on any atom is 0.154 e. The fraction of sp³-hybridized carbons (Fsp3) is 0.0714. The van der Waals surface area contributed by atoms with Gasteiger partial charge in [-0.05, 0) is 42.1 Å². The van der Waals surface area contributed by atoms with Crippen LogP contribution in [-0.4, -0.2) is 10.2 Å². The molecule has 96 valence electrons. The Labute approximate surface area is 120 Å². The standard InChI is InChI=1S/C14H12ClN3S/c1-8-5-9(7-10(15)6-8)13-12(14(16)18-17-13)11-3-2-4-19-11/h2-7H,1H3,(H3,16,17,18). The number of nitrogen functional groups attached to an aromatic ring is 1. The van der Waals surface area contributed by atoms with Gasteiger partial charge in [0.1, 0.15) is 0 Å². The maximum absolute atomic E-state index is 6.12. The molecule has 3 rings (SSSR count). The third-order valence-corrected chi connectivity index (χ3v) is 4.00. The van der Waals surface area contributed by atoms with Crippen LogP contribution in [0.5, 0.6) is 0 Å². The summed E-state index contributed by atoms with van der Waals surface area (Å²) in [6.07, 6.45) is 0. The van der Waals surface area contributed by atoms with Crippen LogP contribution in [0.3, 0.4) is 0 Å². The van der Waals surface area contributed by atoms with Gasteiger partial charge in [0.25, 0.3) is 0 Å². The molecule has 2 aromatic heterocycles. The van der Waals surface area contributed by atoms with Crippen molar-refractivity contribution >= 4 is 28.8 Å². The SMILES string of the molecule is Cc1cc(Cl)cc(-c2[nH]nc(N)c2-c2cccs2)c1. The molecule has 19 heavy (non-hydrogen) atoms. The molecule has 0 spiro atoms. The normalized spacial score (nSPS) is 10.8. The second-order valence-corrected chi connectivity index (χ2v) is 5.74. The van der Waals surface area contributed by atoms with Crippen molar-refractivity contribution in [1.29, 1.82) is 0 Å². The summed E-state index contributed by atoms with van der Waals surface area (Å²) in [5.41, 5.74) is 9.93. The smallest absolute Gasteiger partial charge is 0.154 e. The zero-order valence-corrected chi connectivity index (χ0v) is 11.8. The molecule has 0 atom stereocenters. The van der Waals surface area contributed by atoms with Crippen LogP contribution in [0, 0.1) is 6.92 Å². The van der Waals surface area contributed by atoms with E-state index in [1.807, 2.05) is 36.6 Å². The zero-order valence-electron chi connectivity index (χ0n) is 10.3. The van der Waals surface area contributed by atoms with Crippen molar-refractivity contribution in [2.45, 2.75) is 6.92 Å². The van der Waals surface area contributed by atoms with E-state index in [0.29, 0.717) is 10.8 Å². The fourth-order valence-corrected chi connectivity index (χ4v) is 3.19. The van der Waals surface area contributed by atoms with E-state index in [2.05, 4.69) is 16.3 Å². The summed E-state index contributed by atoms with van der Waals surface area (Å²) in [4.78, 5) is 1.10. The van der Waals surface area contributed by atoms with Crippen molar-refractivity contribution < 1.29 is 0 Å². The van der Waals surface area contributed by atoms with E-state index in [1.165, 1.54) is 0 Å². The molecule has 0 aliphatic carbocycles. The van der Waals surface area contributed by atoms with Gasteiger partial charge in [0, 0.05) is 15.5 Å². The highest BCUT2D eigenvalue weighted by Gasteiger charge is 2.16. The highest BCUT2D eigenvalue weighted by Crippen LogP contribution is 2.37. The van der Waals surface area contributed by atoms with E-state index < -0.39 is 0 Å². The summed E-state index contributed by atoms with van der Waals surface area (Å²) in [7, 11) is 0. The number of aryl methyl sites for hydroxylation is 1. The van der Waals surface area contributed by atoms with Gasteiger partial charge in [0.05, 0.1) is 11.3 Å². The number of nitrogens with one attached hydrogen (secondary N) is 1. The fourth-order valence-electron chi connectivity index (χ4n) is 2.12. The molecule has 0 saturated heterocycles. The number of thiophene rings is 1. The molecule has 0 aliphatic heterocycles. The van der Waals surface area contributed by atoms with E-state index in [4.69, 9.17) is 17.3 Å². The maximum atomic E-state index is 6.12. The Morgan fingerprint density at radius 2 is 2.16 bits per heavy atom. The first kappa shape index (κ1) is 12.3. The van der Waals surface area contributed by atoms with E-state index in [0.717, 1.165) is 27.3 Å². The first-order chi connectivity index (χ1) is 9.15. The molecule has 3 aromatic rings. The number of H-pyrrole nitrogens is 1. The number of rotatable bonds is 2. The Hall–Kier alpha value is -1.78. The lowest BCUT2D eigenvalue weighted by molar-refractivity contribution is 1.10. The van der Waals surface area contributed by atoms with Crippen LogP contribution in [0.25, 0.3) is 21.7 Å². The molecule has 0 saturated carbocycles. The van der Waals surface area contributed by atoms with E-state index in [9.17, 15) is 0 Å². The molecular formula is C14H12ClN3S. The Morgan fingerprint density at radius 3 is 2.84 bits per heavy atom. The Bertz CT molecular complexity index is 696. The minimum Gasteiger partial charge on any atom is -0.382 e. The molecule has 0 fully saturated rings. The number of nitrogens with zero attached hydrogens (tertiary/aromatic N) is 1. The molecule has 2 heterocycles. The van der Waals surface area contributed by atoms with E-state index in [-0.39, 0.29) is 0 Å². The molecule has 5 heteroatoms. The van der Waals surface area contributed by atoms with Gasteiger partial charge >= 0.3 is 0 Å². The molecule has 1 aromatic carbocycles. The average molecular weight is 290 g/mol. The van der Waals surface area contributed by atoms with Crippen LogP contribution in [-0.2, 0) is 0 Å². The number of nitrogens with two attached hydrogens (primary N) is 1. The molecule has 0 amide bonds. The van der Waals surface area contributed by atoms with Gasteiger partial charge in [-0.2, -0.15) is 5.10 Å². The average Bonchev–Trinajstić information content (AvgIpc) is 2.96. The number of aromatic amines is 1. The largest absolute Gasteiger partial charge is 0.382 e. The molecule has 0 unspecified atom stereocenters. The van der Waals surface area contributed by atoms with E-state index in [1.54, 1.807) is 11.3 Å². The lowest BCUT2D eigenvalue weighted by Gasteiger charge is -2.05. The second kappa shape index (κ2) is 4.72. The van der Waals surface area contributed by atoms with Gasteiger partial charge in [-0.1, -0.05) is 17.7 Å². The molecule has 3 N–H and O–H groups in total. The van der Waals surface area contributed by atoms with Crippen LogP contribution in [0.1, 0.15) is 5.56 Å². The van der Waals surface area contributed by atoms with Crippen molar-refractivity contribution in [3.63, 3.8) is 0 Å². The summed E-state index contributed by atoms with van der Waals surface area (Å²) < 4.78 is 0. The van der Waals surface area contributed by atoms with Gasteiger partial charge in [0.15, 0.2) is 5.82 Å². The Morgan fingerprint density at radius 1 is 1.32 bits per heavy atom. The summed E-state index contributed by atoms with van der Waals surface area (Å²) in [6.45, 7) is 2.01. The molecule has 3 nitrogen and oxygen atoms in total. The third kappa shape index (κ3) is 2.25. The zero-order chi connectivity index (χ0) is 13.4. The van der Waals surface area contributed by atoms with Crippen molar-refractivity contribution in [3.8, 4) is 21.7 Å². The molecule has 0 aliphatic rings. The molecule has 0 bridgehead atoms. The summed E-state index contributed by atoms with van der Waals surface area (Å²) in [5, 5.41) is 9.86. The predicted octanol–water partition coefficient (Wildman–Crippen LogP) is 4.35. The van der Waals surface area contributed by atoms with Gasteiger partial charge in [-0.15, -0.1) is 11.3 Å². The third-order valence-electron chi connectivity index (χ3n) is 2.89. The van der Waals surface area contributed by atoms with E-state index >= 15 is 0 Å². The summed E-state index contributed by atoms with van der Waals surface area (Å²) in [6, 6.07) is 9.94. The number of hydrogen-bond donors (Lipinski definition) is 2. The first-order valence-corrected chi connectivity index (χ1v) is 7.06. The number of benzene rings is 1. The van der Waals surface area contributed by atoms with Crippen molar-refractivity contribution in [1.82, 2.24) is 10.2 Å². The van der Waals surface area contributed by atoms with Gasteiger partial charge in [-0.25, -0.2) is 0 Å². The monoisotopic (exact) mass is 289 g/mol. The lowest BCUT2D eigenvalue weighted by Crippen LogP contribution is -1.87. The number of anilines is 1. The van der Waals surface area contributed by atoms with Gasteiger partial charge in [0.2, 0.25) is 0 Å². The van der Waals surface area contributed by atoms with Crippen LogP contribution in [0.4, 0.5) is 5.82 Å². The molecule has 0 radical (unpaired) electrons. The van der Waals surface area contributed by atoms with Crippen molar-refractivity contribution in [2.24, 2.45) is 0 Å². The topological polar surface area (TPSA) is 54.7 Å². The van der Waals surface area contributed by atoms with Crippen molar-refractivity contribution in [3.05, 3.63) is 46.3 Å². The minimum atomic E-state index is 0.509. The highest BCUT2D eigenvalue weighted by molar-refractivity contribution is 7.13. The van der Waals surface area contributed by atoms with Crippen LogP contribution in [0.15, 0.2) is 35.7 Å². The number of hydrogen-bond acceptors (Lipinski definition) is 3. The number of aromatic nitrogens is 2. The van der Waals surface area contributed by atoms with Gasteiger partial charge in [-0.3, -0.25) is 5.10 Å². The van der Waals surface area contributed by atoms with Crippen LogP contribution in [0.2, 0.25) is 5.02 Å². The summed E-state index contributed by atoms with van der Waals surface area (Å²) in [5.74, 6) is 0.509. The Balaban J connectivity index is 2.21. The predicted molar refractivity (Wildman–Crippen MR) is 81.5 cm³/mol. The molecular weight excluding hydrogens is 278 g/mol. The van der Waals surface area contributed by atoms with Crippen LogP contribution >= 0.6 is 22.9 Å². The quantitative estimate of drug-likeness (QED) is 0.737. The van der Waals surface area contributed by atoms with Crippen LogP contribution < -0.4 is 5.73 Å². The van der Waals surface area contributed by atoms with Gasteiger partial charge < -0.3 is 5.73 Å².